The monoisotopic (exact) mass is 260 g/mol. The Hall–Kier alpha value is -2.13. The fourth-order valence-electron chi connectivity index (χ4n) is 1.97. The zero-order valence-corrected chi connectivity index (χ0v) is 10.8. The third-order valence-electron chi connectivity index (χ3n) is 3.27. The first-order valence-electron chi connectivity index (χ1n) is 6.24. The quantitative estimate of drug-likeness (QED) is 0.624. The second-order valence-electron chi connectivity index (χ2n) is 4.74. The van der Waals surface area contributed by atoms with Gasteiger partial charge in [-0.05, 0) is 32.0 Å². The molecular weight excluding hydrogens is 244 g/mol. The van der Waals surface area contributed by atoms with E-state index in [0.29, 0.717) is 23.8 Å². The van der Waals surface area contributed by atoms with Crippen LogP contribution in [0.25, 0.3) is 0 Å². The second-order valence-corrected chi connectivity index (χ2v) is 4.74. The maximum Gasteiger partial charge on any atom is 0.293 e. The molecule has 0 unspecified atom stereocenters. The van der Waals surface area contributed by atoms with Crippen molar-refractivity contribution in [2.24, 2.45) is 0 Å². The van der Waals surface area contributed by atoms with Gasteiger partial charge in [-0.2, -0.15) is 5.26 Å². The van der Waals surface area contributed by atoms with Gasteiger partial charge in [0.1, 0.15) is 5.69 Å². The van der Waals surface area contributed by atoms with Crippen LogP contribution >= 0.6 is 0 Å². The second kappa shape index (κ2) is 5.67. The Bertz CT molecular complexity index is 520. The summed E-state index contributed by atoms with van der Waals surface area (Å²) in [6.07, 6.45) is 2.49. The van der Waals surface area contributed by atoms with Crippen LogP contribution in [0.2, 0.25) is 0 Å². The predicted octanol–water partition coefficient (Wildman–Crippen LogP) is 1.97. The Morgan fingerprint density at radius 3 is 2.89 bits per heavy atom. The Labute approximate surface area is 111 Å². The molecule has 1 aromatic rings. The van der Waals surface area contributed by atoms with Gasteiger partial charge >= 0.3 is 0 Å². The van der Waals surface area contributed by atoms with E-state index in [1.807, 2.05) is 6.07 Å². The Kier molecular flexibility index (Phi) is 3.97. The van der Waals surface area contributed by atoms with Crippen molar-refractivity contribution in [2.45, 2.75) is 18.9 Å². The highest BCUT2D eigenvalue weighted by Crippen LogP contribution is 2.26. The lowest BCUT2D eigenvalue weighted by Gasteiger charge is -2.16. The van der Waals surface area contributed by atoms with Crippen molar-refractivity contribution in [1.82, 2.24) is 4.90 Å². The molecule has 1 saturated carbocycles. The zero-order chi connectivity index (χ0) is 13.8. The molecule has 1 fully saturated rings. The summed E-state index contributed by atoms with van der Waals surface area (Å²) >= 11 is 0. The van der Waals surface area contributed by atoms with Crippen LogP contribution < -0.4 is 5.32 Å². The Morgan fingerprint density at radius 1 is 1.58 bits per heavy atom. The summed E-state index contributed by atoms with van der Waals surface area (Å²) in [5.41, 5.74) is 0.716. The third-order valence-corrected chi connectivity index (χ3v) is 3.27. The molecule has 100 valence electrons. The van der Waals surface area contributed by atoms with Crippen molar-refractivity contribution >= 4 is 11.4 Å². The van der Waals surface area contributed by atoms with Crippen LogP contribution in [-0.2, 0) is 0 Å². The first kappa shape index (κ1) is 13.3. The number of nitrogens with zero attached hydrogens (tertiary/aromatic N) is 3. The van der Waals surface area contributed by atoms with Crippen LogP contribution in [-0.4, -0.2) is 36.0 Å². The van der Waals surface area contributed by atoms with Gasteiger partial charge in [0.05, 0.1) is 16.6 Å². The predicted molar refractivity (Wildman–Crippen MR) is 72.0 cm³/mol. The number of nitro groups is 1. The molecule has 1 aromatic carbocycles. The molecule has 0 heterocycles. The average molecular weight is 260 g/mol. The summed E-state index contributed by atoms with van der Waals surface area (Å²) in [6, 6.07) is 7.06. The minimum atomic E-state index is -0.465. The standard InChI is InChI=1S/C13H16N4O2/c1-16(11-3-4-11)7-6-15-12-5-2-10(9-14)8-13(12)17(18)19/h2,5,8,11,15H,3-4,6-7H2,1H3. The number of likely N-dealkylation sites (N-methyl/N-ethyl adjacent to an activating group) is 1. The van der Waals surface area contributed by atoms with Crippen molar-refractivity contribution in [1.29, 1.82) is 5.26 Å². The molecule has 6 nitrogen and oxygen atoms in total. The van der Waals surface area contributed by atoms with Gasteiger partial charge in [0.15, 0.2) is 0 Å². The van der Waals surface area contributed by atoms with E-state index in [1.54, 1.807) is 12.1 Å². The number of rotatable bonds is 6. The highest BCUT2D eigenvalue weighted by Gasteiger charge is 2.25. The topological polar surface area (TPSA) is 82.2 Å². The maximum atomic E-state index is 11.0. The van der Waals surface area contributed by atoms with E-state index in [0.717, 1.165) is 6.54 Å². The highest BCUT2D eigenvalue weighted by atomic mass is 16.6. The summed E-state index contributed by atoms with van der Waals surface area (Å²) in [6.45, 7) is 1.50. The lowest BCUT2D eigenvalue weighted by molar-refractivity contribution is -0.384. The van der Waals surface area contributed by atoms with E-state index < -0.39 is 4.92 Å². The molecule has 0 aromatic heterocycles. The van der Waals surface area contributed by atoms with Gasteiger partial charge < -0.3 is 10.2 Å². The lowest BCUT2D eigenvalue weighted by atomic mass is 10.2. The molecule has 0 amide bonds. The molecule has 1 aliphatic rings. The summed E-state index contributed by atoms with van der Waals surface area (Å²) in [5.74, 6) is 0. The third kappa shape index (κ3) is 3.42. The average Bonchev–Trinajstić information content (AvgIpc) is 3.23. The minimum absolute atomic E-state index is 0.0480. The summed E-state index contributed by atoms with van der Waals surface area (Å²) in [7, 11) is 2.06. The molecule has 0 saturated heterocycles. The van der Waals surface area contributed by atoms with Gasteiger partial charge in [0.2, 0.25) is 0 Å². The number of anilines is 1. The molecule has 6 heteroatoms. The van der Waals surface area contributed by atoms with E-state index in [2.05, 4.69) is 17.3 Å². The summed E-state index contributed by atoms with van der Waals surface area (Å²) in [5, 5.41) is 22.8. The molecular formula is C13H16N4O2. The molecule has 0 atom stereocenters. The molecule has 0 radical (unpaired) electrons. The van der Waals surface area contributed by atoms with Gasteiger partial charge in [0.25, 0.3) is 5.69 Å². The summed E-state index contributed by atoms with van der Waals surface area (Å²) < 4.78 is 0. The molecule has 0 spiro atoms. The smallest absolute Gasteiger partial charge is 0.293 e. The van der Waals surface area contributed by atoms with Gasteiger partial charge in [-0.25, -0.2) is 0 Å². The lowest BCUT2D eigenvalue weighted by Crippen LogP contribution is -2.27. The molecule has 0 aliphatic heterocycles. The number of nitriles is 1. The molecule has 1 N–H and O–H groups in total. The molecule has 0 bridgehead atoms. The van der Waals surface area contributed by atoms with Crippen LogP contribution in [0, 0.1) is 21.4 Å². The number of nitro benzene ring substituents is 1. The van der Waals surface area contributed by atoms with Crippen LogP contribution in [0.5, 0.6) is 0 Å². The normalized spacial score (nSPS) is 14.2. The fraction of sp³-hybridized carbons (Fsp3) is 0.462. The van der Waals surface area contributed by atoms with E-state index >= 15 is 0 Å². The molecule has 2 rings (SSSR count). The minimum Gasteiger partial charge on any atom is -0.378 e. The van der Waals surface area contributed by atoms with Crippen molar-refractivity contribution < 1.29 is 4.92 Å². The largest absolute Gasteiger partial charge is 0.378 e. The van der Waals surface area contributed by atoms with Gasteiger partial charge in [-0.1, -0.05) is 0 Å². The van der Waals surface area contributed by atoms with Crippen molar-refractivity contribution in [2.75, 3.05) is 25.5 Å². The van der Waals surface area contributed by atoms with Gasteiger partial charge in [-0.3, -0.25) is 10.1 Å². The van der Waals surface area contributed by atoms with E-state index in [9.17, 15) is 10.1 Å². The maximum absolute atomic E-state index is 11.0. The first-order chi connectivity index (χ1) is 9.11. The van der Waals surface area contributed by atoms with Crippen LogP contribution in [0.3, 0.4) is 0 Å². The number of nitrogens with one attached hydrogen (secondary N) is 1. The van der Waals surface area contributed by atoms with Crippen molar-refractivity contribution in [3.63, 3.8) is 0 Å². The number of hydrogen-bond donors (Lipinski definition) is 1. The highest BCUT2D eigenvalue weighted by molar-refractivity contribution is 5.64. The van der Waals surface area contributed by atoms with E-state index in [1.165, 1.54) is 18.9 Å². The van der Waals surface area contributed by atoms with Crippen molar-refractivity contribution in [3.8, 4) is 6.07 Å². The van der Waals surface area contributed by atoms with E-state index in [4.69, 9.17) is 5.26 Å². The summed E-state index contributed by atoms with van der Waals surface area (Å²) in [4.78, 5) is 12.7. The molecule has 19 heavy (non-hydrogen) atoms. The van der Waals surface area contributed by atoms with Gasteiger partial charge in [-0.15, -0.1) is 0 Å². The fourth-order valence-corrected chi connectivity index (χ4v) is 1.97. The molecule has 1 aliphatic carbocycles. The van der Waals surface area contributed by atoms with Crippen molar-refractivity contribution in [3.05, 3.63) is 33.9 Å². The zero-order valence-electron chi connectivity index (χ0n) is 10.8. The van der Waals surface area contributed by atoms with E-state index in [-0.39, 0.29) is 5.69 Å². The SMILES string of the molecule is CN(CCNc1ccc(C#N)cc1[N+](=O)[O-])C1CC1. The van der Waals surface area contributed by atoms with Gasteiger partial charge in [0, 0.05) is 25.2 Å². The number of benzene rings is 1. The van der Waals surface area contributed by atoms with Crippen LogP contribution in [0.15, 0.2) is 18.2 Å². The van der Waals surface area contributed by atoms with Crippen LogP contribution in [0.1, 0.15) is 18.4 Å². The Balaban J connectivity index is 1.98. The Morgan fingerprint density at radius 2 is 2.32 bits per heavy atom. The first-order valence-corrected chi connectivity index (χ1v) is 6.24. The van der Waals surface area contributed by atoms with Crippen LogP contribution in [0.4, 0.5) is 11.4 Å². The number of hydrogen-bond acceptors (Lipinski definition) is 5.